The van der Waals surface area contributed by atoms with Gasteiger partial charge in [-0.15, -0.1) is 0 Å². The van der Waals surface area contributed by atoms with Gasteiger partial charge < -0.3 is 5.11 Å². The van der Waals surface area contributed by atoms with Crippen LogP contribution < -0.4 is 0 Å². The van der Waals surface area contributed by atoms with E-state index in [9.17, 15) is 9.18 Å². The summed E-state index contributed by atoms with van der Waals surface area (Å²) < 4.78 is 11.4. The maximum absolute atomic E-state index is 12.4. The molecule has 1 rings (SSSR count). The van der Waals surface area contributed by atoms with Gasteiger partial charge >= 0.3 is 5.97 Å². The summed E-state index contributed by atoms with van der Waals surface area (Å²) in [4.78, 5) is 18.1. The summed E-state index contributed by atoms with van der Waals surface area (Å²) >= 11 is 0.974. The van der Waals surface area contributed by atoms with E-state index in [1.807, 2.05) is 0 Å². The summed E-state index contributed by atoms with van der Waals surface area (Å²) in [7, 11) is 0. The number of nitrogens with zero attached hydrogens (tertiary/aromatic N) is 2. The molecule has 0 radical (unpaired) electrons. The van der Waals surface area contributed by atoms with Gasteiger partial charge in [0, 0.05) is 0 Å². The second kappa shape index (κ2) is 3.91. The minimum atomic E-state index is -1.02. The highest BCUT2D eigenvalue weighted by Crippen LogP contribution is 2.29. The van der Waals surface area contributed by atoms with Crippen LogP contribution in [0.4, 0.5) is 4.39 Å². The molecule has 0 aromatic carbocycles. The molecule has 0 fully saturated rings. The SMILES string of the molecule is CC(C)(Sc1ncc(F)cn1)C(=O)O. The number of aliphatic carboxylic acids is 1. The molecule has 0 unspecified atom stereocenters. The van der Waals surface area contributed by atoms with Crippen molar-refractivity contribution in [2.45, 2.75) is 23.8 Å². The van der Waals surface area contributed by atoms with Gasteiger partial charge in [0.25, 0.3) is 0 Å². The molecule has 0 bridgehead atoms. The van der Waals surface area contributed by atoms with Crippen molar-refractivity contribution in [2.75, 3.05) is 0 Å². The van der Waals surface area contributed by atoms with Crippen molar-refractivity contribution in [3.05, 3.63) is 18.2 Å². The Labute approximate surface area is 84.6 Å². The van der Waals surface area contributed by atoms with Crippen molar-refractivity contribution in [2.24, 2.45) is 0 Å². The van der Waals surface area contributed by atoms with Gasteiger partial charge in [-0.05, 0) is 13.8 Å². The van der Waals surface area contributed by atoms with Crippen LogP contribution in [0.5, 0.6) is 0 Å². The lowest BCUT2D eigenvalue weighted by molar-refractivity contribution is -0.138. The molecule has 0 saturated carbocycles. The van der Waals surface area contributed by atoms with Crippen LogP contribution in [-0.4, -0.2) is 25.8 Å². The second-order valence-electron chi connectivity index (χ2n) is 3.10. The lowest BCUT2D eigenvalue weighted by Crippen LogP contribution is -2.27. The molecular formula is C8H9FN2O2S. The first-order valence-corrected chi connectivity index (χ1v) is 4.63. The van der Waals surface area contributed by atoms with Gasteiger partial charge in [0.1, 0.15) is 4.75 Å². The zero-order valence-electron chi connectivity index (χ0n) is 7.69. The molecule has 0 aliphatic carbocycles. The van der Waals surface area contributed by atoms with Crippen molar-refractivity contribution in [1.82, 2.24) is 9.97 Å². The second-order valence-corrected chi connectivity index (χ2v) is 4.69. The van der Waals surface area contributed by atoms with Crippen LogP contribution in [0.15, 0.2) is 17.6 Å². The number of carbonyl (C=O) groups is 1. The molecule has 76 valence electrons. The van der Waals surface area contributed by atoms with E-state index in [-0.39, 0.29) is 5.16 Å². The van der Waals surface area contributed by atoms with Gasteiger partial charge in [0.05, 0.1) is 12.4 Å². The van der Waals surface area contributed by atoms with Crippen LogP contribution in [0.3, 0.4) is 0 Å². The largest absolute Gasteiger partial charge is 0.480 e. The normalized spacial score (nSPS) is 11.4. The average Bonchev–Trinajstić information content (AvgIpc) is 2.08. The molecule has 14 heavy (non-hydrogen) atoms. The summed E-state index contributed by atoms with van der Waals surface area (Å²) in [6.07, 6.45) is 2.01. The van der Waals surface area contributed by atoms with Gasteiger partial charge in [-0.3, -0.25) is 4.79 Å². The van der Waals surface area contributed by atoms with E-state index in [1.165, 1.54) is 13.8 Å². The maximum Gasteiger partial charge on any atom is 0.319 e. The van der Waals surface area contributed by atoms with Crippen molar-refractivity contribution in [1.29, 1.82) is 0 Å². The molecule has 0 saturated heterocycles. The Hall–Kier alpha value is -1.17. The minimum absolute atomic E-state index is 0.249. The van der Waals surface area contributed by atoms with Gasteiger partial charge in [-0.2, -0.15) is 0 Å². The van der Waals surface area contributed by atoms with Crippen molar-refractivity contribution < 1.29 is 14.3 Å². The van der Waals surface area contributed by atoms with Crippen LogP contribution in [-0.2, 0) is 4.79 Å². The van der Waals surface area contributed by atoms with E-state index < -0.39 is 16.5 Å². The highest BCUT2D eigenvalue weighted by Gasteiger charge is 2.29. The first kappa shape index (κ1) is 10.9. The van der Waals surface area contributed by atoms with Crippen LogP contribution >= 0.6 is 11.8 Å². The van der Waals surface area contributed by atoms with Crippen LogP contribution in [0.1, 0.15) is 13.8 Å². The molecule has 0 spiro atoms. The number of rotatable bonds is 3. The van der Waals surface area contributed by atoms with Crippen LogP contribution in [0, 0.1) is 5.82 Å². The molecule has 6 heteroatoms. The Morgan fingerprint density at radius 1 is 1.50 bits per heavy atom. The fourth-order valence-electron chi connectivity index (χ4n) is 0.625. The third kappa shape index (κ3) is 2.66. The number of aromatic nitrogens is 2. The summed E-state index contributed by atoms with van der Waals surface area (Å²) in [6.45, 7) is 3.07. The van der Waals surface area contributed by atoms with E-state index in [4.69, 9.17) is 5.11 Å². The van der Waals surface area contributed by atoms with E-state index in [1.54, 1.807) is 0 Å². The number of carboxylic acids is 1. The summed E-state index contributed by atoms with van der Waals surface area (Å²) in [6, 6.07) is 0. The Bertz CT molecular complexity index is 340. The monoisotopic (exact) mass is 216 g/mol. The molecule has 1 aromatic rings. The zero-order chi connectivity index (χ0) is 10.8. The van der Waals surface area contributed by atoms with Gasteiger partial charge in [0.2, 0.25) is 0 Å². The van der Waals surface area contributed by atoms with Gasteiger partial charge in [0.15, 0.2) is 11.0 Å². The number of thioether (sulfide) groups is 1. The first-order chi connectivity index (χ1) is 6.42. The predicted octanol–water partition coefficient (Wildman–Crippen LogP) is 1.57. The van der Waals surface area contributed by atoms with Crippen molar-refractivity contribution in [3.8, 4) is 0 Å². The molecule has 1 heterocycles. The number of hydrogen-bond acceptors (Lipinski definition) is 4. The zero-order valence-corrected chi connectivity index (χ0v) is 8.51. The molecule has 0 amide bonds. The first-order valence-electron chi connectivity index (χ1n) is 3.82. The van der Waals surface area contributed by atoms with Crippen LogP contribution in [0.25, 0.3) is 0 Å². The summed E-state index contributed by atoms with van der Waals surface area (Å²) in [5.41, 5.74) is 0. The fraction of sp³-hybridized carbons (Fsp3) is 0.375. The van der Waals surface area contributed by atoms with E-state index >= 15 is 0 Å². The highest BCUT2D eigenvalue weighted by atomic mass is 32.2. The topological polar surface area (TPSA) is 63.1 Å². The Morgan fingerprint density at radius 2 is 2.00 bits per heavy atom. The van der Waals surface area contributed by atoms with Gasteiger partial charge in [-0.1, -0.05) is 11.8 Å². The number of hydrogen-bond donors (Lipinski definition) is 1. The van der Waals surface area contributed by atoms with E-state index in [0.717, 1.165) is 24.2 Å². The summed E-state index contributed by atoms with van der Waals surface area (Å²) in [5, 5.41) is 9.06. The van der Waals surface area contributed by atoms with E-state index in [0.29, 0.717) is 0 Å². The Morgan fingerprint density at radius 3 is 2.43 bits per heavy atom. The number of halogens is 1. The fourth-order valence-corrected chi connectivity index (χ4v) is 1.38. The summed E-state index contributed by atoms with van der Waals surface area (Å²) in [5.74, 6) is -1.50. The quantitative estimate of drug-likeness (QED) is 0.613. The highest BCUT2D eigenvalue weighted by molar-refractivity contribution is 8.01. The third-order valence-electron chi connectivity index (χ3n) is 1.46. The predicted molar refractivity (Wildman–Crippen MR) is 49.6 cm³/mol. The molecule has 0 atom stereocenters. The standard InChI is InChI=1S/C8H9FN2O2S/c1-8(2,6(12)13)14-7-10-3-5(9)4-11-7/h3-4H,1-2H3,(H,12,13). The number of carboxylic acid groups (broad SMARTS) is 1. The smallest absolute Gasteiger partial charge is 0.319 e. The molecule has 1 aromatic heterocycles. The van der Waals surface area contributed by atoms with E-state index in [2.05, 4.69) is 9.97 Å². The van der Waals surface area contributed by atoms with Crippen molar-refractivity contribution >= 4 is 17.7 Å². The Kier molecular flexibility index (Phi) is 3.05. The maximum atomic E-state index is 12.4. The third-order valence-corrected chi connectivity index (χ3v) is 2.54. The van der Waals surface area contributed by atoms with Crippen molar-refractivity contribution in [3.63, 3.8) is 0 Å². The van der Waals surface area contributed by atoms with Gasteiger partial charge in [-0.25, -0.2) is 14.4 Å². The molecule has 1 N–H and O–H groups in total. The lowest BCUT2D eigenvalue weighted by Gasteiger charge is -2.16. The molecule has 0 aliphatic heterocycles. The minimum Gasteiger partial charge on any atom is -0.480 e. The molecular weight excluding hydrogens is 207 g/mol. The Balaban J connectivity index is 2.79. The molecule has 4 nitrogen and oxygen atoms in total. The lowest BCUT2D eigenvalue weighted by atomic mass is 10.2. The molecule has 0 aliphatic rings. The average molecular weight is 216 g/mol. The van der Waals surface area contributed by atoms with Crippen LogP contribution in [0.2, 0.25) is 0 Å².